The third kappa shape index (κ3) is 7.80. The van der Waals surface area contributed by atoms with Crippen LogP contribution >= 0.6 is 0 Å². The lowest BCUT2D eigenvalue weighted by molar-refractivity contribution is 0.669. The summed E-state index contributed by atoms with van der Waals surface area (Å²) in [4.78, 5) is 4.86. The summed E-state index contributed by atoms with van der Waals surface area (Å²) >= 11 is 0. The number of hydrogen-bond donors (Lipinski definition) is 1. The van der Waals surface area contributed by atoms with E-state index in [0.29, 0.717) is 7.28 Å². The molecule has 0 unspecified atom stereocenters. The van der Waals surface area contributed by atoms with E-state index in [1.165, 1.54) is 22.1 Å². The van der Waals surface area contributed by atoms with Crippen molar-refractivity contribution >= 4 is 85.6 Å². The van der Waals surface area contributed by atoms with Crippen LogP contribution in [0.4, 0.5) is 45.5 Å². The van der Waals surface area contributed by atoms with E-state index in [1.54, 1.807) is 0 Å². The minimum absolute atomic E-state index is 0.698. The lowest BCUT2D eigenvalue weighted by Gasteiger charge is -2.37. The molecule has 0 radical (unpaired) electrons. The van der Waals surface area contributed by atoms with Crippen LogP contribution in [0.15, 0.2) is 271 Å². The first-order valence-electron chi connectivity index (χ1n) is 24.3. The molecule has 2 heterocycles. The largest absolute Gasteiger partial charge is 0.456 e. The molecule has 334 valence electrons. The lowest BCUT2D eigenvalue weighted by atomic mass is 9.57. The Hall–Kier alpha value is -9.32. The molecule has 0 atom stereocenters. The summed E-state index contributed by atoms with van der Waals surface area (Å²) in [6.45, 7) is 0. The summed E-state index contributed by atoms with van der Waals surface area (Å²) in [7, 11) is 0.698. The van der Waals surface area contributed by atoms with Crippen LogP contribution in [-0.4, -0.2) is 7.28 Å². The molecule has 1 aliphatic rings. The van der Waals surface area contributed by atoms with E-state index in [2.05, 4.69) is 282 Å². The van der Waals surface area contributed by atoms with E-state index >= 15 is 0 Å². The Morgan fingerprint density at radius 3 is 1.61 bits per heavy atom. The SMILES string of the molecule is B1c2ccc(N(c3ccccc3)c3ccccc3)cc2N(c2ccc(-c3ccccc3)cc2)c2c1c(-c1cc(-c3ccccc3)ccc1Nc1cccc(-c3ccccc3)c1)cc1oc3ccccc3c21. The highest BCUT2D eigenvalue weighted by atomic mass is 16.3. The van der Waals surface area contributed by atoms with E-state index in [0.717, 1.165) is 101 Å². The van der Waals surface area contributed by atoms with Crippen molar-refractivity contribution in [1.29, 1.82) is 0 Å². The van der Waals surface area contributed by atoms with Gasteiger partial charge in [0.05, 0.1) is 11.1 Å². The molecule has 5 heteroatoms. The van der Waals surface area contributed by atoms with E-state index < -0.39 is 0 Å². The van der Waals surface area contributed by atoms with Crippen LogP contribution in [-0.2, 0) is 0 Å². The highest BCUT2D eigenvalue weighted by Crippen LogP contribution is 2.48. The van der Waals surface area contributed by atoms with Gasteiger partial charge >= 0.3 is 0 Å². The number of para-hydroxylation sites is 3. The average Bonchev–Trinajstić information content (AvgIpc) is 3.83. The molecule has 0 spiro atoms. The topological polar surface area (TPSA) is 31.6 Å². The fourth-order valence-corrected chi connectivity index (χ4v) is 10.5. The predicted molar refractivity (Wildman–Crippen MR) is 301 cm³/mol. The molecule has 1 aliphatic heterocycles. The second-order valence-electron chi connectivity index (χ2n) is 18.2. The second-order valence-corrected chi connectivity index (χ2v) is 18.2. The van der Waals surface area contributed by atoms with Crippen LogP contribution in [0.5, 0.6) is 0 Å². The summed E-state index contributed by atoms with van der Waals surface area (Å²) in [6.07, 6.45) is 0. The fourth-order valence-electron chi connectivity index (χ4n) is 10.5. The van der Waals surface area contributed by atoms with Gasteiger partial charge in [-0.2, -0.15) is 0 Å². The van der Waals surface area contributed by atoms with Crippen molar-refractivity contribution in [2.24, 2.45) is 0 Å². The highest BCUT2D eigenvalue weighted by molar-refractivity contribution is 6.74. The quantitative estimate of drug-likeness (QED) is 0.139. The molecular formula is C66H46BN3O. The number of benzene rings is 11. The minimum Gasteiger partial charge on any atom is -0.456 e. The summed E-state index contributed by atoms with van der Waals surface area (Å²) in [6, 6.07) is 95.6. The van der Waals surface area contributed by atoms with Gasteiger partial charge in [-0.15, -0.1) is 0 Å². The number of furan rings is 1. The first kappa shape index (κ1) is 41.8. The molecule has 13 rings (SSSR count). The van der Waals surface area contributed by atoms with Crippen LogP contribution in [0.1, 0.15) is 0 Å². The standard InChI is InChI=1S/C66H46BN3O/c1-6-19-45(20-7-1)48-33-36-54(37-34-48)70-61-43-55(69(52-27-12-4-13-28-52)53-29-14-5-15-30-53)38-39-59(61)67-65-58(44-63-64(66(65)70)56-31-16-17-32-62(56)71-63)57-42-50(47-23-10-3-11-24-47)35-40-60(57)68-51-26-18-25-49(41-51)46-21-8-2-9-22-46/h1-44,67-68H. The molecule has 0 fully saturated rings. The van der Waals surface area contributed by atoms with E-state index in [4.69, 9.17) is 4.42 Å². The second kappa shape index (κ2) is 18.0. The maximum atomic E-state index is 6.99. The molecule has 71 heavy (non-hydrogen) atoms. The van der Waals surface area contributed by atoms with Gasteiger partial charge in [-0.3, -0.25) is 0 Å². The zero-order valence-electron chi connectivity index (χ0n) is 38.9. The Bertz CT molecular complexity index is 3820. The van der Waals surface area contributed by atoms with Crippen LogP contribution < -0.4 is 26.0 Å². The minimum atomic E-state index is 0.698. The van der Waals surface area contributed by atoms with Crippen molar-refractivity contribution in [1.82, 2.24) is 0 Å². The number of rotatable bonds is 10. The molecule has 1 N–H and O–H groups in total. The molecule has 0 bridgehead atoms. The van der Waals surface area contributed by atoms with Gasteiger partial charge in [0.15, 0.2) is 7.28 Å². The third-order valence-corrected chi connectivity index (χ3v) is 13.8. The van der Waals surface area contributed by atoms with E-state index in [-0.39, 0.29) is 0 Å². The van der Waals surface area contributed by atoms with Crippen LogP contribution in [0.2, 0.25) is 0 Å². The normalized spacial score (nSPS) is 11.7. The zero-order chi connectivity index (χ0) is 47.1. The number of nitrogens with zero attached hydrogens (tertiary/aromatic N) is 2. The molecule has 0 amide bonds. The molecule has 11 aromatic carbocycles. The molecular weight excluding hydrogens is 862 g/mol. The van der Waals surface area contributed by atoms with Crippen molar-refractivity contribution in [3.05, 3.63) is 267 Å². The number of fused-ring (bicyclic) bond motifs is 6. The van der Waals surface area contributed by atoms with Crippen LogP contribution in [0.3, 0.4) is 0 Å². The van der Waals surface area contributed by atoms with Crippen LogP contribution in [0.25, 0.3) is 66.4 Å². The van der Waals surface area contributed by atoms with Gasteiger partial charge in [0.2, 0.25) is 0 Å². The lowest BCUT2D eigenvalue weighted by Crippen LogP contribution is -2.41. The van der Waals surface area contributed by atoms with Crippen molar-refractivity contribution in [3.63, 3.8) is 0 Å². The van der Waals surface area contributed by atoms with E-state index in [1.807, 2.05) is 0 Å². The van der Waals surface area contributed by atoms with Crippen molar-refractivity contribution in [2.45, 2.75) is 0 Å². The number of nitrogens with one attached hydrogen (secondary N) is 1. The molecule has 0 aliphatic carbocycles. The van der Waals surface area contributed by atoms with Gasteiger partial charge in [-0.1, -0.05) is 187 Å². The first-order valence-corrected chi connectivity index (χ1v) is 24.3. The Balaban J connectivity index is 1.07. The molecule has 1 aromatic heterocycles. The highest BCUT2D eigenvalue weighted by Gasteiger charge is 2.33. The summed E-state index contributed by atoms with van der Waals surface area (Å²) < 4.78 is 6.99. The summed E-state index contributed by atoms with van der Waals surface area (Å²) in [5.74, 6) is 0. The number of hydrogen-bond acceptors (Lipinski definition) is 4. The van der Waals surface area contributed by atoms with Crippen molar-refractivity contribution < 1.29 is 4.42 Å². The molecule has 0 saturated heterocycles. The van der Waals surface area contributed by atoms with Crippen LogP contribution in [0, 0.1) is 0 Å². The monoisotopic (exact) mass is 907 g/mol. The maximum Gasteiger partial charge on any atom is 0.198 e. The summed E-state index contributed by atoms with van der Waals surface area (Å²) in [5, 5.41) is 6.10. The van der Waals surface area contributed by atoms with Gasteiger partial charge in [0, 0.05) is 50.8 Å². The first-order chi connectivity index (χ1) is 35.2. The Morgan fingerprint density at radius 1 is 0.394 bits per heavy atom. The third-order valence-electron chi connectivity index (χ3n) is 13.8. The molecule has 0 saturated carbocycles. The van der Waals surface area contributed by atoms with Crippen molar-refractivity contribution in [2.75, 3.05) is 15.1 Å². The van der Waals surface area contributed by atoms with Gasteiger partial charge in [-0.25, -0.2) is 0 Å². The molecule has 4 nitrogen and oxygen atoms in total. The maximum absolute atomic E-state index is 6.99. The smallest absolute Gasteiger partial charge is 0.198 e. The average molecular weight is 908 g/mol. The fraction of sp³-hybridized carbons (Fsp3) is 0. The molecule has 12 aromatic rings. The summed E-state index contributed by atoms with van der Waals surface area (Å²) in [5.41, 5.74) is 21.9. The predicted octanol–water partition coefficient (Wildman–Crippen LogP) is 16.6. The van der Waals surface area contributed by atoms with Crippen molar-refractivity contribution in [3.8, 4) is 44.5 Å². The van der Waals surface area contributed by atoms with Gasteiger partial charge in [0.25, 0.3) is 0 Å². The zero-order valence-corrected chi connectivity index (χ0v) is 38.9. The number of anilines is 8. The van der Waals surface area contributed by atoms with E-state index in [9.17, 15) is 0 Å². The van der Waals surface area contributed by atoms with Gasteiger partial charge in [-0.05, 0) is 129 Å². The Kier molecular flexibility index (Phi) is 10.6. The Morgan fingerprint density at radius 2 is 0.944 bits per heavy atom. The van der Waals surface area contributed by atoms with Gasteiger partial charge < -0.3 is 19.5 Å². The Labute approximate surface area is 414 Å². The van der Waals surface area contributed by atoms with Gasteiger partial charge in [0.1, 0.15) is 11.2 Å².